The fourth-order valence-electron chi connectivity index (χ4n) is 1.84. The van der Waals surface area contributed by atoms with Gasteiger partial charge < -0.3 is 5.32 Å². The smallest absolute Gasteiger partial charge is 0.183 e. The van der Waals surface area contributed by atoms with Gasteiger partial charge in [-0.05, 0) is 32.4 Å². The molecule has 2 aromatic rings. The summed E-state index contributed by atoms with van der Waals surface area (Å²) in [6.45, 7) is 7.39. The maximum atomic E-state index is 4.61. The van der Waals surface area contributed by atoms with Crippen LogP contribution in [0.2, 0.25) is 0 Å². The van der Waals surface area contributed by atoms with E-state index in [1.807, 2.05) is 0 Å². The third kappa shape index (κ3) is 3.07. The first-order chi connectivity index (χ1) is 8.19. The van der Waals surface area contributed by atoms with E-state index in [1.54, 1.807) is 11.3 Å². The summed E-state index contributed by atoms with van der Waals surface area (Å²) >= 11 is 1.67. The van der Waals surface area contributed by atoms with Crippen LogP contribution >= 0.6 is 11.3 Å². The van der Waals surface area contributed by atoms with E-state index in [-0.39, 0.29) is 0 Å². The molecule has 17 heavy (non-hydrogen) atoms. The molecule has 0 fully saturated rings. The SMILES string of the molecule is CCCNc1nc(-c2cc(C)cc(C)c2)cs1. The Kier molecular flexibility index (Phi) is 3.79. The van der Waals surface area contributed by atoms with Gasteiger partial charge in [-0.15, -0.1) is 11.3 Å². The van der Waals surface area contributed by atoms with Crippen molar-refractivity contribution >= 4 is 16.5 Å². The Morgan fingerprint density at radius 1 is 1.18 bits per heavy atom. The zero-order chi connectivity index (χ0) is 12.3. The quantitative estimate of drug-likeness (QED) is 0.872. The molecule has 0 aliphatic carbocycles. The standard InChI is InChI=1S/C14H18N2S/c1-4-5-15-14-16-13(9-17-14)12-7-10(2)6-11(3)8-12/h6-9H,4-5H2,1-3H3,(H,15,16). The van der Waals surface area contributed by atoms with Crippen molar-refractivity contribution in [1.29, 1.82) is 0 Å². The van der Waals surface area contributed by atoms with E-state index in [0.29, 0.717) is 0 Å². The number of nitrogens with zero attached hydrogens (tertiary/aromatic N) is 1. The summed E-state index contributed by atoms with van der Waals surface area (Å²) < 4.78 is 0. The lowest BCUT2D eigenvalue weighted by atomic mass is 10.1. The van der Waals surface area contributed by atoms with Crippen molar-refractivity contribution in [3.05, 3.63) is 34.7 Å². The molecule has 0 saturated carbocycles. The molecule has 3 heteroatoms. The van der Waals surface area contributed by atoms with Gasteiger partial charge >= 0.3 is 0 Å². The van der Waals surface area contributed by atoms with E-state index in [2.05, 4.69) is 54.7 Å². The fourth-order valence-corrected chi connectivity index (χ4v) is 2.59. The summed E-state index contributed by atoms with van der Waals surface area (Å²) in [5.41, 5.74) is 4.86. The van der Waals surface area contributed by atoms with Crippen LogP contribution in [0.25, 0.3) is 11.3 Å². The largest absolute Gasteiger partial charge is 0.362 e. The minimum Gasteiger partial charge on any atom is -0.362 e. The highest BCUT2D eigenvalue weighted by atomic mass is 32.1. The lowest BCUT2D eigenvalue weighted by Crippen LogP contribution is -1.98. The molecule has 1 heterocycles. The zero-order valence-electron chi connectivity index (χ0n) is 10.6. The van der Waals surface area contributed by atoms with Crippen molar-refractivity contribution in [2.24, 2.45) is 0 Å². The van der Waals surface area contributed by atoms with Crippen LogP contribution in [0.5, 0.6) is 0 Å². The number of thiazole rings is 1. The summed E-state index contributed by atoms with van der Waals surface area (Å²) in [5, 5.41) is 6.45. The van der Waals surface area contributed by atoms with Gasteiger partial charge in [0, 0.05) is 17.5 Å². The van der Waals surface area contributed by atoms with Gasteiger partial charge in [0.2, 0.25) is 0 Å². The molecule has 0 amide bonds. The van der Waals surface area contributed by atoms with Crippen LogP contribution in [0, 0.1) is 13.8 Å². The first-order valence-electron chi connectivity index (χ1n) is 5.97. The molecule has 90 valence electrons. The average molecular weight is 246 g/mol. The molecule has 2 nitrogen and oxygen atoms in total. The van der Waals surface area contributed by atoms with Crippen molar-refractivity contribution in [2.45, 2.75) is 27.2 Å². The summed E-state index contributed by atoms with van der Waals surface area (Å²) in [4.78, 5) is 4.61. The number of hydrogen-bond acceptors (Lipinski definition) is 3. The molecule has 1 aromatic heterocycles. The van der Waals surface area contributed by atoms with Gasteiger partial charge in [-0.25, -0.2) is 4.98 Å². The van der Waals surface area contributed by atoms with Crippen LogP contribution in [-0.2, 0) is 0 Å². The van der Waals surface area contributed by atoms with Crippen LogP contribution < -0.4 is 5.32 Å². The first kappa shape index (κ1) is 12.1. The molecule has 1 N–H and O–H groups in total. The van der Waals surface area contributed by atoms with Crippen LogP contribution in [0.3, 0.4) is 0 Å². The lowest BCUT2D eigenvalue weighted by Gasteiger charge is -2.02. The van der Waals surface area contributed by atoms with Gasteiger partial charge in [-0.3, -0.25) is 0 Å². The van der Waals surface area contributed by atoms with Gasteiger partial charge in [-0.2, -0.15) is 0 Å². The van der Waals surface area contributed by atoms with E-state index in [9.17, 15) is 0 Å². The Balaban J connectivity index is 2.24. The molecule has 0 aliphatic rings. The lowest BCUT2D eigenvalue weighted by molar-refractivity contribution is 0.976. The molecule has 1 aromatic carbocycles. The van der Waals surface area contributed by atoms with Crippen LogP contribution in [0.15, 0.2) is 23.6 Å². The van der Waals surface area contributed by atoms with Gasteiger partial charge in [0.05, 0.1) is 5.69 Å². The fraction of sp³-hybridized carbons (Fsp3) is 0.357. The van der Waals surface area contributed by atoms with Gasteiger partial charge in [0.1, 0.15) is 0 Å². The Morgan fingerprint density at radius 2 is 1.88 bits per heavy atom. The monoisotopic (exact) mass is 246 g/mol. The normalized spacial score (nSPS) is 10.5. The Bertz CT molecular complexity index is 482. The topological polar surface area (TPSA) is 24.9 Å². The number of anilines is 1. The number of aryl methyl sites for hydroxylation is 2. The molecule has 0 radical (unpaired) electrons. The van der Waals surface area contributed by atoms with Crippen molar-refractivity contribution in [1.82, 2.24) is 4.98 Å². The van der Waals surface area contributed by atoms with Crippen molar-refractivity contribution in [3.8, 4) is 11.3 Å². The van der Waals surface area contributed by atoms with Crippen molar-refractivity contribution in [2.75, 3.05) is 11.9 Å². The van der Waals surface area contributed by atoms with Gasteiger partial charge in [-0.1, -0.05) is 24.1 Å². The van der Waals surface area contributed by atoms with Gasteiger partial charge in [0.25, 0.3) is 0 Å². The molecule has 0 bridgehead atoms. The maximum Gasteiger partial charge on any atom is 0.183 e. The molecular weight excluding hydrogens is 228 g/mol. The first-order valence-corrected chi connectivity index (χ1v) is 6.85. The Hall–Kier alpha value is -1.35. The second-order valence-corrected chi connectivity index (χ2v) is 5.20. The third-order valence-corrected chi connectivity index (χ3v) is 3.35. The second kappa shape index (κ2) is 5.32. The summed E-state index contributed by atoms with van der Waals surface area (Å²) in [7, 11) is 0. The number of rotatable bonds is 4. The van der Waals surface area contributed by atoms with Crippen LogP contribution in [0.4, 0.5) is 5.13 Å². The molecular formula is C14H18N2S. The van der Waals surface area contributed by atoms with Crippen molar-refractivity contribution in [3.63, 3.8) is 0 Å². The van der Waals surface area contributed by atoms with Crippen LogP contribution in [-0.4, -0.2) is 11.5 Å². The summed E-state index contributed by atoms with van der Waals surface area (Å²) in [6, 6.07) is 6.56. The van der Waals surface area contributed by atoms with Crippen LogP contribution in [0.1, 0.15) is 24.5 Å². The molecule has 0 saturated heterocycles. The van der Waals surface area contributed by atoms with E-state index < -0.39 is 0 Å². The predicted molar refractivity (Wildman–Crippen MR) is 75.8 cm³/mol. The van der Waals surface area contributed by atoms with E-state index in [1.165, 1.54) is 16.7 Å². The summed E-state index contributed by atoms with van der Waals surface area (Å²) in [5.74, 6) is 0. The van der Waals surface area contributed by atoms with E-state index >= 15 is 0 Å². The average Bonchev–Trinajstić information content (AvgIpc) is 2.73. The highest BCUT2D eigenvalue weighted by molar-refractivity contribution is 7.14. The molecule has 0 unspecified atom stereocenters. The molecule has 0 spiro atoms. The minimum absolute atomic E-state index is 0.986. The molecule has 0 aliphatic heterocycles. The molecule has 0 atom stereocenters. The highest BCUT2D eigenvalue weighted by Gasteiger charge is 2.05. The number of hydrogen-bond donors (Lipinski definition) is 1. The van der Waals surface area contributed by atoms with Gasteiger partial charge in [0.15, 0.2) is 5.13 Å². The van der Waals surface area contributed by atoms with E-state index in [0.717, 1.165) is 23.8 Å². The third-order valence-electron chi connectivity index (χ3n) is 2.55. The Morgan fingerprint density at radius 3 is 2.53 bits per heavy atom. The highest BCUT2D eigenvalue weighted by Crippen LogP contribution is 2.26. The van der Waals surface area contributed by atoms with Crippen molar-refractivity contribution < 1.29 is 0 Å². The summed E-state index contributed by atoms with van der Waals surface area (Å²) in [6.07, 6.45) is 1.12. The predicted octanol–water partition coefficient (Wildman–Crippen LogP) is 4.25. The maximum absolute atomic E-state index is 4.61. The van der Waals surface area contributed by atoms with E-state index in [4.69, 9.17) is 0 Å². The number of benzene rings is 1. The number of nitrogens with one attached hydrogen (secondary N) is 1. The minimum atomic E-state index is 0.986. The number of aromatic nitrogens is 1. The molecule has 2 rings (SSSR count). The Labute approximate surface area is 107 Å². The zero-order valence-corrected chi connectivity index (χ0v) is 11.4. The second-order valence-electron chi connectivity index (χ2n) is 4.34.